The standard InChI is InChI=1S/C34H21N3/c1-4-14-25-22(10-1)12-9-19-33(25)37-35-32-21-31(28-17-7-8-18-29(28)34(32)36-37)30-20-23-11-2-3-13-24(23)26-15-5-6-16-27(26)30/h1-21H. The van der Waals surface area contributed by atoms with E-state index in [0.717, 1.165) is 27.5 Å². The maximum atomic E-state index is 5.02. The summed E-state index contributed by atoms with van der Waals surface area (Å²) in [5.74, 6) is 0. The van der Waals surface area contributed by atoms with Crippen molar-refractivity contribution in [3.8, 4) is 16.8 Å². The lowest BCUT2D eigenvalue weighted by Crippen LogP contribution is -1.99. The summed E-state index contributed by atoms with van der Waals surface area (Å²) in [4.78, 5) is 1.79. The van der Waals surface area contributed by atoms with Gasteiger partial charge in [0, 0.05) is 10.8 Å². The predicted octanol–water partition coefficient (Wildman–Crippen LogP) is 8.70. The average Bonchev–Trinajstić information content (AvgIpc) is 3.40. The zero-order valence-corrected chi connectivity index (χ0v) is 20.0. The zero-order valence-electron chi connectivity index (χ0n) is 20.0. The third-order valence-corrected chi connectivity index (χ3v) is 7.43. The number of benzene rings is 7. The quantitative estimate of drug-likeness (QED) is 0.236. The molecule has 0 unspecified atom stereocenters. The topological polar surface area (TPSA) is 30.7 Å². The first-order chi connectivity index (χ1) is 18.3. The molecule has 37 heavy (non-hydrogen) atoms. The van der Waals surface area contributed by atoms with Gasteiger partial charge in [-0.15, -0.1) is 15.0 Å². The van der Waals surface area contributed by atoms with Gasteiger partial charge in [-0.1, -0.05) is 109 Å². The Morgan fingerprint density at radius 3 is 1.78 bits per heavy atom. The van der Waals surface area contributed by atoms with Crippen LogP contribution in [0.2, 0.25) is 0 Å². The van der Waals surface area contributed by atoms with Crippen LogP contribution in [0.5, 0.6) is 0 Å². The van der Waals surface area contributed by atoms with E-state index in [9.17, 15) is 0 Å². The summed E-state index contributed by atoms with van der Waals surface area (Å²) < 4.78 is 0. The molecule has 0 bridgehead atoms. The van der Waals surface area contributed by atoms with Crippen molar-refractivity contribution >= 4 is 54.1 Å². The van der Waals surface area contributed by atoms with E-state index in [1.165, 1.54) is 43.4 Å². The minimum absolute atomic E-state index is 0.888. The monoisotopic (exact) mass is 471 g/mol. The molecule has 0 amide bonds. The van der Waals surface area contributed by atoms with E-state index in [1.54, 1.807) is 4.80 Å². The third-order valence-electron chi connectivity index (χ3n) is 7.43. The van der Waals surface area contributed by atoms with Gasteiger partial charge in [0.05, 0.1) is 5.69 Å². The lowest BCUT2D eigenvalue weighted by atomic mass is 9.90. The van der Waals surface area contributed by atoms with Crippen LogP contribution in [-0.4, -0.2) is 15.0 Å². The summed E-state index contributed by atoms with van der Waals surface area (Å²) >= 11 is 0. The van der Waals surface area contributed by atoms with Gasteiger partial charge in [-0.05, 0) is 61.6 Å². The van der Waals surface area contributed by atoms with Crippen LogP contribution in [0.4, 0.5) is 0 Å². The lowest BCUT2D eigenvalue weighted by Gasteiger charge is -2.13. The Balaban J connectivity index is 1.46. The second kappa shape index (κ2) is 7.74. The second-order valence-electron chi connectivity index (χ2n) is 9.52. The number of fused-ring (bicyclic) bond motifs is 7. The molecule has 0 saturated heterocycles. The predicted molar refractivity (Wildman–Crippen MR) is 154 cm³/mol. The highest BCUT2D eigenvalue weighted by Crippen LogP contribution is 2.40. The van der Waals surface area contributed by atoms with Crippen LogP contribution in [0, 0.1) is 0 Å². The van der Waals surface area contributed by atoms with Crippen molar-refractivity contribution in [2.24, 2.45) is 0 Å². The molecule has 0 radical (unpaired) electrons. The van der Waals surface area contributed by atoms with Crippen LogP contribution in [0.25, 0.3) is 70.9 Å². The van der Waals surface area contributed by atoms with Gasteiger partial charge in [0.15, 0.2) is 0 Å². The molecule has 172 valence electrons. The van der Waals surface area contributed by atoms with Crippen molar-refractivity contribution in [3.05, 3.63) is 127 Å². The first-order valence-electron chi connectivity index (χ1n) is 12.5. The SMILES string of the molecule is c1ccc2c(-n3nc4cc(-c5cc6ccccc6c6ccccc56)c5ccccc5c4n3)cccc2c1. The highest BCUT2D eigenvalue weighted by Gasteiger charge is 2.17. The van der Waals surface area contributed by atoms with Crippen LogP contribution in [0.15, 0.2) is 127 Å². The maximum Gasteiger partial charge on any atom is 0.121 e. The molecule has 7 aromatic carbocycles. The maximum absolute atomic E-state index is 5.02. The van der Waals surface area contributed by atoms with E-state index in [2.05, 4.69) is 127 Å². The second-order valence-corrected chi connectivity index (χ2v) is 9.52. The van der Waals surface area contributed by atoms with Crippen LogP contribution < -0.4 is 0 Å². The van der Waals surface area contributed by atoms with Crippen LogP contribution in [0.1, 0.15) is 0 Å². The minimum Gasteiger partial charge on any atom is -0.150 e. The number of nitrogens with zero attached hydrogens (tertiary/aromatic N) is 3. The van der Waals surface area contributed by atoms with Crippen molar-refractivity contribution < 1.29 is 0 Å². The van der Waals surface area contributed by atoms with E-state index < -0.39 is 0 Å². The number of hydrogen-bond acceptors (Lipinski definition) is 2. The summed E-state index contributed by atoms with van der Waals surface area (Å²) in [5.41, 5.74) is 5.18. The molecule has 1 heterocycles. The fraction of sp³-hybridized carbons (Fsp3) is 0. The normalized spacial score (nSPS) is 11.8. The van der Waals surface area contributed by atoms with Gasteiger partial charge in [-0.3, -0.25) is 0 Å². The summed E-state index contributed by atoms with van der Waals surface area (Å²) in [6.45, 7) is 0. The summed E-state index contributed by atoms with van der Waals surface area (Å²) in [7, 11) is 0. The molecule has 1 aromatic heterocycles. The van der Waals surface area contributed by atoms with Crippen molar-refractivity contribution in [2.45, 2.75) is 0 Å². The number of hydrogen-bond donors (Lipinski definition) is 0. The first kappa shape index (κ1) is 20.2. The van der Waals surface area contributed by atoms with Crippen LogP contribution in [0.3, 0.4) is 0 Å². The van der Waals surface area contributed by atoms with Gasteiger partial charge in [-0.25, -0.2) is 0 Å². The molecule has 8 aromatic rings. The van der Waals surface area contributed by atoms with E-state index in [-0.39, 0.29) is 0 Å². The van der Waals surface area contributed by atoms with Gasteiger partial charge in [0.2, 0.25) is 0 Å². The van der Waals surface area contributed by atoms with E-state index in [0.29, 0.717) is 0 Å². The fourth-order valence-corrected chi connectivity index (χ4v) is 5.74. The summed E-state index contributed by atoms with van der Waals surface area (Å²) in [6.07, 6.45) is 0. The van der Waals surface area contributed by atoms with Gasteiger partial charge < -0.3 is 0 Å². The third kappa shape index (κ3) is 3.01. The number of aromatic nitrogens is 3. The van der Waals surface area contributed by atoms with Crippen LogP contribution in [-0.2, 0) is 0 Å². The minimum atomic E-state index is 0.888. The Morgan fingerprint density at radius 2 is 0.973 bits per heavy atom. The van der Waals surface area contributed by atoms with E-state index >= 15 is 0 Å². The number of rotatable bonds is 2. The molecule has 0 N–H and O–H groups in total. The highest BCUT2D eigenvalue weighted by molar-refractivity contribution is 6.19. The Morgan fingerprint density at radius 1 is 0.405 bits per heavy atom. The molecule has 0 aliphatic rings. The largest absolute Gasteiger partial charge is 0.150 e. The van der Waals surface area contributed by atoms with Gasteiger partial charge in [-0.2, -0.15) is 0 Å². The smallest absolute Gasteiger partial charge is 0.121 e. The van der Waals surface area contributed by atoms with Crippen molar-refractivity contribution in [1.29, 1.82) is 0 Å². The molecule has 0 spiro atoms. The van der Waals surface area contributed by atoms with Crippen LogP contribution >= 0.6 is 0 Å². The molecule has 0 saturated carbocycles. The Labute approximate surface area is 213 Å². The average molecular weight is 472 g/mol. The summed E-state index contributed by atoms with van der Waals surface area (Å²) in [6, 6.07) is 45.1. The molecule has 8 rings (SSSR count). The zero-order chi connectivity index (χ0) is 24.3. The molecule has 3 heteroatoms. The molecular formula is C34H21N3. The molecule has 0 atom stereocenters. The molecule has 0 aliphatic carbocycles. The summed E-state index contributed by atoms with van der Waals surface area (Å²) in [5, 5.41) is 19.6. The Bertz CT molecular complexity index is 2150. The Hall–Kier alpha value is -5.02. The van der Waals surface area contributed by atoms with Crippen molar-refractivity contribution in [2.75, 3.05) is 0 Å². The highest BCUT2D eigenvalue weighted by atomic mass is 15.5. The Kier molecular flexibility index (Phi) is 4.23. The van der Waals surface area contributed by atoms with Gasteiger partial charge in [0.1, 0.15) is 11.0 Å². The van der Waals surface area contributed by atoms with E-state index in [4.69, 9.17) is 10.2 Å². The molecule has 3 nitrogen and oxygen atoms in total. The molecule has 0 fully saturated rings. The lowest BCUT2D eigenvalue weighted by molar-refractivity contribution is 0.772. The molecule has 0 aliphatic heterocycles. The molecular weight excluding hydrogens is 450 g/mol. The first-order valence-corrected chi connectivity index (χ1v) is 12.5. The van der Waals surface area contributed by atoms with Crippen molar-refractivity contribution in [1.82, 2.24) is 15.0 Å². The van der Waals surface area contributed by atoms with E-state index in [1.807, 2.05) is 0 Å². The van der Waals surface area contributed by atoms with Gasteiger partial charge in [0.25, 0.3) is 0 Å². The van der Waals surface area contributed by atoms with Crippen molar-refractivity contribution in [3.63, 3.8) is 0 Å². The fourth-order valence-electron chi connectivity index (χ4n) is 5.74. The van der Waals surface area contributed by atoms with Gasteiger partial charge >= 0.3 is 0 Å².